The highest BCUT2D eigenvalue weighted by Crippen LogP contribution is 2.26. The summed E-state index contributed by atoms with van der Waals surface area (Å²) in [6, 6.07) is 9.60. The van der Waals surface area contributed by atoms with Gasteiger partial charge >= 0.3 is 0 Å². The zero-order valence-corrected chi connectivity index (χ0v) is 9.97. The Morgan fingerprint density at radius 2 is 2.17 bits per heavy atom. The molecule has 0 radical (unpaired) electrons. The first-order valence-electron chi connectivity index (χ1n) is 6.20. The van der Waals surface area contributed by atoms with E-state index in [1.165, 1.54) is 0 Å². The van der Waals surface area contributed by atoms with Crippen LogP contribution < -0.4 is 10.1 Å². The molecule has 2 aromatic rings. The average Bonchev–Trinajstić information content (AvgIpc) is 2.42. The molecule has 0 spiro atoms. The van der Waals surface area contributed by atoms with Gasteiger partial charge in [-0.25, -0.2) is 4.39 Å². The molecule has 3 rings (SSSR count). The molecule has 1 aliphatic heterocycles. The number of benzene rings is 1. The van der Waals surface area contributed by atoms with E-state index in [1.807, 2.05) is 30.3 Å². The van der Waals surface area contributed by atoms with Crippen molar-refractivity contribution in [2.75, 3.05) is 13.1 Å². The van der Waals surface area contributed by atoms with Gasteiger partial charge in [-0.05, 0) is 25.1 Å². The van der Waals surface area contributed by atoms with Crippen molar-refractivity contribution in [2.45, 2.75) is 18.7 Å². The van der Waals surface area contributed by atoms with E-state index in [4.69, 9.17) is 4.74 Å². The second-order valence-electron chi connectivity index (χ2n) is 4.50. The van der Waals surface area contributed by atoms with Crippen LogP contribution >= 0.6 is 0 Å². The van der Waals surface area contributed by atoms with E-state index in [1.54, 1.807) is 6.20 Å². The number of pyridine rings is 1. The van der Waals surface area contributed by atoms with Crippen molar-refractivity contribution in [3.63, 3.8) is 0 Å². The minimum Gasteiger partial charge on any atom is -0.485 e. The van der Waals surface area contributed by atoms with Crippen LogP contribution in [0.15, 0.2) is 36.5 Å². The fraction of sp³-hybridized carbons (Fsp3) is 0.357. The molecule has 1 aromatic heterocycles. The monoisotopic (exact) mass is 246 g/mol. The van der Waals surface area contributed by atoms with Gasteiger partial charge < -0.3 is 10.1 Å². The predicted molar refractivity (Wildman–Crippen MR) is 68.5 cm³/mol. The Labute approximate surface area is 105 Å². The smallest absolute Gasteiger partial charge is 0.149 e. The molecule has 0 amide bonds. The van der Waals surface area contributed by atoms with Gasteiger partial charge in [-0.3, -0.25) is 4.98 Å². The lowest BCUT2D eigenvalue weighted by Crippen LogP contribution is -2.44. The summed E-state index contributed by atoms with van der Waals surface area (Å²) < 4.78 is 19.5. The molecule has 0 bridgehead atoms. The van der Waals surface area contributed by atoms with Crippen molar-refractivity contribution in [1.82, 2.24) is 10.3 Å². The maximum atomic E-state index is 13.7. The van der Waals surface area contributed by atoms with Gasteiger partial charge in [0, 0.05) is 18.1 Å². The van der Waals surface area contributed by atoms with Crippen LogP contribution in [0.5, 0.6) is 5.75 Å². The maximum Gasteiger partial charge on any atom is 0.149 e. The Morgan fingerprint density at radius 1 is 1.28 bits per heavy atom. The van der Waals surface area contributed by atoms with Crippen molar-refractivity contribution in [3.8, 4) is 5.75 Å². The van der Waals surface area contributed by atoms with Gasteiger partial charge in [0.25, 0.3) is 0 Å². The number of fused-ring (bicyclic) bond motifs is 1. The van der Waals surface area contributed by atoms with E-state index < -0.39 is 6.17 Å². The van der Waals surface area contributed by atoms with Crippen LogP contribution in [0, 0.1) is 0 Å². The number of piperidine rings is 1. The molecule has 3 nitrogen and oxygen atoms in total. The normalized spacial score (nSPS) is 24.1. The quantitative estimate of drug-likeness (QED) is 0.883. The third kappa shape index (κ3) is 2.16. The lowest BCUT2D eigenvalue weighted by molar-refractivity contribution is 0.0742. The minimum atomic E-state index is -0.960. The molecular weight excluding hydrogens is 231 g/mol. The summed E-state index contributed by atoms with van der Waals surface area (Å²) in [5, 5.41) is 4.03. The zero-order chi connectivity index (χ0) is 12.4. The van der Waals surface area contributed by atoms with Crippen LogP contribution in [0.1, 0.15) is 6.42 Å². The summed E-state index contributed by atoms with van der Waals surface area (Å²) in [7, 11) is 0. The highest BCUT2D eigenvalue weighted by molar-refractivity contribution is 5.84. The van der Waals surface area contributed by atoms with E-state index in [0.717, 1.165) is 17.4 Å². The summed E-state index contributed by atoms with van der Waals surface area (Å²) in [5.74, 6) is 0.669. The molecule has 1 fully saturated rings. The molecule has 2 atom stereocenters. The summed E-state index contributed by atoms with van der Waals surface area (Å²) in [5.41, 5.74) is 0.797. The number of nitrogens with one attached hydrogen (secondary N) is 1. The molecule has 94 valence electrons. The number of para-hydroxylation sites is 1. The van der Waals surface area contributed by atoms with Gasteiger partial charge in [0.15, 0.2) is 0 Å². The second-order valence-corrected chi connectivity index (χ2v) is 4.50. The fourth-order valence-electron chi connectivity index (χ4n) is 2.26. The number of ether oxygens (including phenoxy) is 1. The van der Waals surface area contributed by atoms with Gasteiger partial charge in [-0.1, -0.05) is 18.2 Å². The lowest BCUT2D eigenvalue weighted by atomic mass is 10.1. The first-order valence-corrected chi connectivity index (χ1v) is 6.20. The maximum absolute atomic E-state index is 13.7. The third-order valence-corrected chi connectivity index (χ3v) is 3.22. The Hall–Kier alpha value is -1.68. The summed E-state index contributed by atoms with van der Waals surface area (Å²) in [6.45, 7) is 1.16. The molecule has 4 heteroatoms. The molecular formula is C14H15FN2O. The van der Waals surface area contributed by atoms with Gasteiger partial charge in [-0.2, -0.15) is 0 Å². The molecule has 0 saturated carbocycles. The number of hydrogen-bond acceptors (Lipinski definition) is 3. The van der Waals surface area contributed by atoms with E-state index in [0.29, 0.717) is 18.7 Å². The first-order chi connectivity index (χ1) is 8.84. The van der Waals surface area contributed by atoms with Crippen LogP contribution in [0.4, 0.5) is 4.39 Å². The fourth-order valence-corrected chi connectivity index (χ4v) is 2.26. The Kier molecular flexibility index (Phi) is 3.11. The van der Waals surface area contributed by atoms with Crippen molar-refractivity contribution in [3.05, 3.63) is 36.5 Å². The molecule has 1 saturated heterocycles. The van der Waals surface area contributed by atoms with Gasteiger partial charge in [0.2, 0.25) is 0 Å². The van der Waals surface area contributed by atoms with E-state index in [-0.39, 0.29) is 6.10 Å². The molecule has 1 aromatic carbocycles. The molecule has 1 aliphatic rings. The number of nitrogens with zero attached hydrogens (tertiary/aromatic N) is 1. The largest absolute Gasteiger partial charge is 0.485 e. The number of rotatable bonds is 2. The highest BCUT2D eigenvalue weighted by atomic mass is 19.1. The van der Waals surface area contributed by atoms with Crippen LogP contribution in [0.3, 0.4) is 0 Å². The molecule has 18 heavy (non-hydrogen) atoms. The second kappa shape index (κ2) is 4.90. The zero-order valence-electron chi connectivity index (χ0n) is 9.97. The third-order valence-electron chi connectivity index (χ3n) is 3.22. The lowest BCUT2D eigenvalue weighted by Gasteiger charge is -2.27. The number of aromatic nitrogens is 1. The van der Waals surface area contributed by atoms with Crippen LogP contribution in [-0.2, 0) is 0 Å². The van der Waals surface area contributed by atoms with Crippen molar-refractivity contribution in [1.29, 1.82) is 0 Å². The van der Waals surface area contributed by atoms with E-state index in [2.05, 4.69) is 10.3 Å². The van der Waals surface area contributed by atoms with Crippen molar-refractivity contribution < 1.29 is 9.13 Å². The first kappa shape index (κ1) is 11.4. The Balaban J connectivity index is 1.90. The average molecular weight is 246 g/mol. The van der Waals surface area contributed by atoms with Crippen LogP contribution in [-0.4, -0.2) is 30.3 Å². The number of hydrogen-bond donors (Lipinski definition) is 1. The summed E-state index contributed by atoms with van der Waals surface area (Å²) in [4.78, 5) is 4.31. The van der Waals surface area contributed by atoms with Crippen molar-refractivity contribution >= 4 is 10.9 Å². The molecule has 2 unspecified atom stereocenters. The van der Waals surface area contributed by atoms with Crippen molar-refractivity contribution in [2.24, 2.45) is 0 Å². The Morgan fingerprint density at radius 3 is 3.06 bits per heavy atom. The van der Waals surface area contributed by atoms with Gasteiger partial charge in [0.05, 0.1) is 0 Å². The molecule has 2 heterocycles. The molecule has 0 aliphatic carbocycles. The minimum absolute atomic E-state index is 0.364. The SMILES string of the molecule is FC1CNCCC1Oc1cccc2cccnc12. The van der Waals surface area contributed by atoms with E-state index >= 15 is 0 Å². The standard InChI is InChI=1S/C14H15FN2O/c15-11-9-16-8-6-12(11)18-13-5-1-3-10-4-2-7-17-14(10)13/h1-5,7,11-12,16H,6,8-9H2. The summed E-state index contributed by atoms with van der Waals surface area (Å²) in [6.07, 6.45) is 1.08. The molecule has 1 N–H and O–H groups in total. The number of alkyl halides is 1. The van der Waals surface area contributed by atoms with Gasteiger partial charge in [-0.15, -0.1) is 0 Å². The topological polar surface area (TPSA) is 34.1 Å². The van der Waals surface area contributed by atoms with E-state index in [9.17, 15) is 4.39 Å². The van der Waals surface area contributed by atoms with Crippen LogP contribution in [0.25, 0.3) is 10.9 Å². The van der Waals surface area contributed by atoms with Crippen LogP contribution in [0.2, 0.25) is 0 Å². The predicted octanol–water partition coefficient (Wildman–Crippen LogP) is 2.31. The Bertz CT molecular complexity index is 541. The highest BCUT2D eigenvalue weighted by Gasteiger charge is 2.26. The number of halogens is 1. The van der Waals surface area contributed by atoms with Gasteiger partial charge in [0.1, 0.15) is 23.5 Å². The summed E-state index contributed by atoms with van der Waals surface area (Å²) >= 11 is 0.